The van der Waals surface area contributed by atoms with E-state index in [1.807, 2.05) is 30.3 Å². The number of furan rings is 1. The Kier molecular flexibility index (Phi) is 3.27. The van der Waals surface area contributed by atoms with Gasteiger partial charge in [-0.15, -0.1) is 0 Å². The highest BCUT2D eigenvalue weighted by Crippen LogP contribution is 2.28. The Labute approximate surface area is 132 Å². The van der Waals surface area contributed by atoms with Crippen LogP contribution in [0.3, 0.4) is 0 Å². The molecule has 0 radical (unpaired) electrons. The van der Waals surface area contributed by atoms with Crippen molar-refractivity contribution in [2.45, 2.75) is 13.0 Å². The van der Waals surface area contributed by atoms with E-state index in [-0.39, 0.29) is 5.91 Å². The Morgan fingerprint density at radius 1 is 1.26 bits per heavy atom. The Hall–Kier alpha value is -3.15. The highest BCUT2D eigenvalue weighted by molar-refractivity contribution is 6.11. The molecule has 1 amide bonds. The number of hydrogen-bond donors (Lipinski definition) is 2. The van der Waals surface area contributed by atoms with Crippen molar-refractivity contribution in [3.8, 4) is 0 Å². The minimum absolute atomic E-state index is 0.229. The third kappa shape index (κ3) is 2.55. The molecule has 0 spiro atoms. The fourth-order valence-corrected chi connectivity index (χ4v) is 2.63. The van der Waals surface area contributed by atoms with Crippen molar-refractivity contribution >= 4 is 17.3 Å². The Balaban J connectivity index is 1.54. The predicted molar refractivity (Wildman–Crippen MR) is 84.8 cm³/mol. The molecule has 6 nitrogen and oxygen atoms in total. The van der Waals surface area contributed by atoms with E-state index in [4.69, 9.17) is 4.42 Å². The number of para-hydroxylation sites is 1. The van der Waals surface area contributed by atoms with Gasteiger partial charge in [0, 0.05) is 6.42 Å². The molecule has 4 rings (SSSR count). The SMILES string of the molecule is O=C(NCc1ccco1)c1[nH]cnc1C1=Nc2ccccc2C1. The van der Waals surface area contributed by atoms with Crippen LogP contribution in [0.2, 0.25) is 0 Å². The number of H-pyrrole nitrogens is 1. The van der Waals surface area contributed by atoms with Gasteiger partial charge in [0.1, 0.15) is 17.1 Å². The van der Waals surface area contributed by atoms with E-state index in [1.165, 1.54) is 6.33 Å². The molecule has 2 aromatic heterocycles. The zero-order valence-electron chi connectivity index (χ0n) is 12.2. The average Bonchev–Trinajstić information content (AvgIpc) is 3.31. The third-order valence-corrected chi connectivity index (χ3v) is 3.75. The van der Waals surface area contributed by atoms with Gasteiger partial charge in [-0.05, 0) is 23.8 Å². The average molecular weight is 306 g/mol. The molecule has 23 heavy (non-hydrogen) atoms. The van der Waals surface area contributed by atoms with E-state index in [1.54, 1.807) is 12.3 Å². The largest absolute Gasteiger partial charge is 0.467 e. The third-order valence-electron chi connectivity index (χ3n) is 3.75. The molecule has 1 aliphatic rings. The second-order valence-electron chi connectivity index (χ2n) is 5.25. The first-order chi connectivity index (χ1) is 11.3. The van der Waals surface area contributed by atoms with E-state index in [2.05, 4.69) is 20.3 Å². The summed E-state index contributed by atoms with van der Waals surface area (Å²) in [6.07, 6.45) is 3.77. The summed E-state index contributed by atoms with van der Waals surface area (Å²) in [5, 5.41) is 2.81. The quantitative estimate of drug-likeness (QED) is 0.777. The highest BCUT2D eigenvalue weighted by Gasteiger charge is 2.23. The number of carbonyl (C=O) groups excluding carboxylic acids is 1. The maximum absolute atomic E-state index is 12.4. The summed E-state index contributed by atoms with van der Waals surface area (Å²) in [6, 6.07) is 11.5. The van der Waals surface area contributed by atoms with Crippen LogP contribution in [0.25, 0.3) is 0 Å². The number of imidazole rings is 1. The van der Waals surface area contributed by atoms with Gasteiger partial charge in [-0.2, -0.15) is 0 Å². The molecule has 0 unspecified atom stereocenters. The predicted octanol–water partition coefficient (Wildman–Crippen LogP) is 2.61. The first-order valence-corrected chi connectivity index (χ1v) is 7.31. The van der Waals surface area contributed by atoms with Crippen molar-refractivity contribution in [2.75, 3.05) is 0 Å². The molecule has 0 atom stereocenters. The van der Waals surface area contributed by atoms with Crippen molar-refractivity contribution in [2.24, 2.45) is 4.99 Å². The number of hydrogen-bond acceptors (Lipinski definition) is 4. The van der Waals surface area contributed by atoms with Gasteiger partial charge in [0.2, 0.25) is 0 Å². The monoisotopic (exact) mass is 306 g/mol. The Bertz CT molecular complexity index is 878. The highest BCUT2D eigenvalue weighted by atomic mass is 16.3. The van der Waals surface area contributed by atoms with Crippen molar-refractivity contribution in [3.05, 3.63) is 71.7 Å². The van der Waals surface area contributed by atoms with Crippen LogP contribution in [0.15, 0.2) is 58.4 Å². The number of benzene rings is 1. The van der Waals surface area contributed by atoms with Gasteiger partial charge in [-0.3, -0.25) is 9.79 Å². The van der Waals surface area contributed by atoms with Crippen LogP contribution >= 0.6 is 0 Å². The molecule has 3 aromatic rings. The molecule has 6 heteroatoms. The minimum atomic E-state index is -0.229. The second kappa shape index (κ2) is 5.57. The summed E-state index contributed by atoms with van der Waals surface area (Å²) >= 11 is 0. The van der Waals surface area contributed by atoms with Gasteiger partial charge in [0.15, 0.2) is 0 Å². The molecule has 2 N–H and O–H groups in total. The lowest BCUT2D eigenvalue weighted by Crippen LogP contribution is -2.25. The van der Waals surface area contributed by atoms with Crippen LogP contribution in [0, 0.1) is 0 Å². The summed E-state index contributed by atoms with van der Waals surface area (Å²) in [6.45, 7) is 0.330. The molecule has 0 bridgehead atoms. The molecule has 0 saturated carbocycles. The van der Waals surface area contributed by atoms with Crippen molar-refractivity contribution < 1.29 is 9.21 Å². The maximum atomic E-state index is 12.4. The van der Waals surface area contributed by atoms with Gasteiger partial charge in [0.05, 0.1) is 30.5 Å². The van der Waals surface area contributed by atoms with E-state index >= 15 is 0 Å². The number of nitrogens with one attached hydrogen (secondary N) is 2. The van der Waals surface area contributed by atoms with Crippen molar-refractivity contribution in [1.82, 2.24) is 15.3 Å². The van der Waals surface area contributed by atoms with Crippen molar-refractivity contribution in [3.63, 3.8) is 0 Å². The van der Waals surface area contributed by atoms with Crippen LogP contribution < -0.4 is 5.32 Å². The van der Waals surface area contributed by atoms with Crippen LogP contribution in [0.1, 0.15) is 27.5 Å². The number of amides is 1. The smallest absolute Gasteiger partial charge is 0.270 e. The maximum Gasteiger partial charge on any atom is 0.270 e. The first-order valence-electron chi connectivity index (χ1n) is 7.31. The number of fused-ring (bicyclic) bond motifs is 1. The molecule has 0 fully saturated rings. The number of aromatic amines is 1. The van der Waals surface area contributed by atoms with Gasteiger partial charge in [0.25, 0.3) is 5.91 Å². The molecule has 0 saturated heterocycles. The number of rotatable bonds is 4. The summed E-state index contributed by atoms with van der Waals surface area (Å²) in [4.78, 5) is 24.1. The summed E-state index contributed by atoms with van der Waals surface area (Å²) in [5.41, 5.74) is 3.90. The lowest BCUT2D eigenvalue weighted by Gasteiger charge is -2.04. The lowest BCUT2D eigenvalue weighted by molar-refractivity contribution is 0.0943. The fraction of sp³-hybridized carbons (Fsp3) is 0.118. The molecule has 1 aromatic carbocycles. The van der Waals surface area contributed by atoms with E-state index < -0.39 is 0 Å². The molecule has 114 valence electrons. The first kappa shape index (κ1) is 13.5. The summed E-state index contributed by atoms with van der Waals surface area (Å²) in [7, 11) is 0. The normalized spacial score (nSPS) is 12.8. The Morgan fingerprint density at radius 2 is 2.17 bits per heavy atom. The number of aromatic nitrogens is 2. The number of nitrogens with zero attached hydrogens (tertiary/aromatic N) is 2. The lowest BCUT2D eigenvalue weighted by atomic mass is 10.1. The zero-order chi connectivity index (χ0) is 15.6. The molecular weight excluding hydrogens is 292 g/mol. The fourth-order valence-electron chi connectivity index (χ4n) is 2.63. The van der Waals surface area contributed by atoms with E-state index in [0.717, 1.165) is 17.0 Å². The zero-order valence-corrected chi connectivity index (χ0v) is 12.2. The van der Waals surface area contributed by atoms with Gasteiger partial charge < -0.3 is 14.7 Å². The molecule has 0 aliphatic carbocycles. The van der Waals surface area contributed by atoms with Crippen LogP contribution in [-0.4, -0.2) is 21.6 Å². The number of aliphatic imine (C=N–C) groups is 1. The second-order valence-corrected chi connectivity index (χ2v) is 5.25. The summed E-state index contributed by atoms with van der Waals surface area (Å²) < 4.78 is 5.21. The van der Waals surface area contributed by atoms with Gasteiger partial charge >= 0.3 is 0 Å². The van der Waals surface area contributed by atoms with Gasteiger partial charge in [-0.25, -0.2) is 4.98 Å². The van der Waals surface area contributed by atoms with E-state index in [0.29, 0.717) is 30.1 Å². The van der Waals surface area contributed by atoms with Crippen LogP contribution in [0.5, 0.6) is 0 Å². The molecular formula is C17H14N4O2. The summed E-state index contributed by atoms with van der Waals surface area (Å²) in [5.74, 6) is 0.470. The van der Waals surface area contributed by atoms with Gasteiger partial charge in [-0.1, -0.05) is 18.2 Å². The Morgan fingerprint density at radius 3 is 3.00 bits per heavy atom. The number of carbonyl (C=O) groups is 1. The molecule has 1 aliphatic heterocycles. The topological polar surface area (TPSA) is 83.3 Å². The van der Waals surface area contributed by atoms with Crippen LogP contribution in [0.4, 0.5) is 5.69 Å². The van der Waals surface area contributed by atoms with Crippen molar-refractivity contribution in [1.29, 1.82) is 0 Å². The standard InChI is InChI=1S/C17H14N4O2/c22-17(18-9-12-5-3-7-23-12)16-15(19-10-20-16)14-8-11-4-1-2-6-13(11)21-14/h1-7,10H,8-9H2,(H,18,22)(H,19,20). The van der Waals surface area contributed by atoms with Crippen LogP contribution in [-0.2, 0) is 13.0 Å². The van der Waals surface area contributed by atoms with E-state index in [9.17, 15) is 4.79 Å². The minimum Gasteiger partial charge on any atom is -0.467 e. The molecule has 3 heterocycles.